The monoisotopic (exact) mass is 475 g/mol. The summed E-state index contributed by atoms with van der Waals surface area (Å²) in [6.45, 7) is 5.65. The van der Waals surface area contributed by atoms with Gasteiger partial charge in [0.15, 0.2) is 5.79 Å². The van der Waals surface area contributed by atoms with Crippen LogP contribution in [0, 0.1) is 5.92 Å². The number of methoxy groups -OCH3 is 1. The Morgan fingerprint density at radius 3 is 2.52 bits per heavy atom. The van der Waals surface area contributed by atoms with E-state index in [0.29, 0.717) is 19.8 Å². The van der Waals surface area contributed by atoms with Gasteiger partial charge in [-0.05, 0) is 19.4 Å². The Morgan fingerprint density at radius 1 is 1.20 bits per heavy atom. The van der Waals surface area contributed by atoms with Gasteiger partial charge >= 0.3 is 0 Å². The summed E-state index contributed by atoms with van der Waals surface area (Å²) in [6, 6.07) is 10.2. The molecule has 0 radical (unpaired) electrons. The fourth-order valence-corrected chi connectivity index (χ4v) is 6.27. The summed E-state index contributed by atoms with van der Waals surface area (Å²) in [4.78, 5) is 6.15. The minimum Gasteiger partial charge on any atom is -0.374 e. The number of ether oxygens (including phenoxy) is 3. The molecule has 1 saturated carbocycles. The van der Waals surface area contributed by atoms with Crippen molar-refractivity contribution in [2.45, 2.75) is 47.2 Å². The average molecular weight is 477 g/mol. The van der Waals surface area contributed by atoms with Crippen LogP contribution in [0.4, 0.5) is 0 Å². The van der Waals surface area contributed by atoms with Crippen molar-refractivity contribution in [2.75, 3.05) is 20.3 Å². The summed E-state index contributed by atoms with van der Waals surface area (Å²) < 4.78 is 17.8. The van der Waals surface area contributed by atoms with Crippen LogP contribution in [0.15, 0.2) is 30.3 Å². The molecule has 3 fully saturated rings. The molecule has 5 nitrogen and oxygen atoms in total. The van der Waals surface area contributed by atoms with Crippen molar-refractivity contribution in [3.63, 3.8) is 0 Å². The third-order valence-corrected chi connectivity index (χ3v) is 7.80. The Bertz CT molecular complexity index is 641. The van der Waals surface area contributed by atoms with Crippen molar-refractivity contribution >= 4 is 31.9 Å². The van der Waals surface area contributed by atoms with Gasteiger partial charge in [-0.2, -0.15) is 5.06 Å². The number of hydrogen-bond acceptors (Lipinski definition) is 5. The number of alkyl halides is 2. The molecule has 1 aliphatic carbocycles. The molecule has 0 aromatic heterocycles. The highest BCUT2D eigenvalue weighted by Gasteiger charge is 2.83. The molecule has 1 aromatic rings. The van der Waals surface area contributed by atoms with E-state index in [-0.39, 0.29) is 21.3 Å². The quantitative estimate of drug-likeness (QED) is 0.622. The normalized spacial score (nSPS) is 39.2. The molecule has 25 heavy (non-hydrogen) atoms. The molecule has 2 saturated heterocycles. The van der Waals surface area contributed by atoms with Gasteiger partial charge in [0.25, 0.3) is 0 Å². The lowest BCUT2D eigenvalue weighted by Crippen LogP contribution is -2.58. The Morgan fingerprint density at radius 2 is 1.92 bits per heavy atom. The first-order valence-corrected chi connectivity index (χ1v) is 10.1. The van der Waals surface area contributed by atoms with Crippen LogP contribution in [0.1, 0.15) is 19.4 Å². The maximum atomic E-state index is 6.21. The molecule has 1 aromatic carbocycles. The van der Waals surface area contributed by atoms with E-state index < -0.39 is 11.4 Å². The fraction of sp³-hybridized carbons (Fsp3) is 0.667. The molecule has 3 aliphatic rings. The lowest BCUT2D eigenvalue weighted by molar-refractivity contribution is -0.277. The minimum atomic E-state index is -0.596. The van der Waals surface area contributed by atoms with Crippen molar-refractivity contribution in [1.29, 1.82) is 0 Å². The highest BCUT2D eigenvalue weighted by atomic mass is 79.9. The topological polar surface area (TPSA) is 40.2 Å². The Kier molecular flexibility index (Phi) is 4.59. The van der Waals surface area contributed by atoms with Gasteiger partial charge in [-0.25, -0.2) is 0 Å². The van der Waals surface area contributed by atoms with Gasteiger partial charge in [0.1, 0.15) is 14.9 Å². The van der Waals surface area contributed by atoms with Crippen LogP contribution >= 0.6 is 31.9 Å². The van der Waals surface area contributed by atoms with E-state index in [1.165, 1.54) is 5.56 Å². The average Bonchev–Trinajstić information content (AvgIpc) is 2.86. The summed E-state index contributed by atoms with van der Waals surface area (Å²) in [6.07, 6.45) is -0.140. The molecule has 2 unspecified atom stereocenters. The molecule has 138 valence electrons. The maximum absolute atomic E-state index is 6.21. The highest BCUT2D eigenvalue weighted by Crippen LogP contribution is 2.71. The largest absolute Gasteiger partial charge is 0.374 e. The van der Waals surface area contributed by atoms with E-state index in [2.05, 4.69) is 44.0 Å². The molecule has 4 rings (SSSR count). The van der Waals surface area contributed by atoms with Gasteiger partial charge in [-0.1, -0.05) is 62.2 Å². The van der Waals surface area contributed by atoms with Crippen molar-refractivity contribution in [3.8, 4) is 0 Å². The second-order valence-corrected chi connectivity index (χ2v) is 10.9. The van der Waals surface area contributed by atoms with Crippen molar-refractivity contribution in [2.24, 2.45) is 5.92 Å². The number of rotatable bonds is 4. The van der Waals surface area contributed by atoms with Gasteiger partial charge in [-0.3, -0.25) is 4.84 Å². The minimum absolute atomic E-state index is 0.100. The number of benzene rings is 1. The summed E-state index contributed by atoms with van der Waals surface area (Å²) in [7, 11) is 1.76. The smallest absolute Gasteiger partial charge is 0.163 e. The zero-order valence-corrected chi connectivity index (χ0v) is 17.7. The first-order valence-electron chi connectivity index (χ1n) is 8.50. The lowest BCUT2D eigenvalue weighted by atomic mass is 9.98. The molecule has 0 N–H and O–H groups in total. The zero-order chi connectivity index (χ0) is 17.9. The number of hydroxylamine groups is 2. The highest BCUT2D eigenvalue weighted by molar-refractivity contribution is 9.25. The van der Waals surface area contributed by atoms with Gasteiger partial charge in [0.2, 0.25) is 0 Å². The van der Waals surface area contributed by atoms with Crippen LogP contribution in [-0.2, 0) is 25.6 Å². The van der Waals surface area contributed by atoms with Crippen LogP contribution in [-0.4, -0.2) is 52.2 Å². The molecular formula is C18H23Br2NO4. The van der Waals surface area contributed by atoms with Gasteiger partial charge in [0, 0.05) is 19.6 Å². The van der Waals surface area contributed by atoms with Crippen LogP contribution in [0.5, 0.6) is 0 Å². The second kappa shape index (κ2) is 6.26. The first-order chi connectivity index (χ1) is 11.8. The third-order valence-electron chi connectivity index (χ3n) is 5.45. The Labute approximate surface area is 165 Å². The van der Waals surface area contributed by atoms with Crippen LogP contribution in [0.2, 0.25) is 0 Å². The van der Waals surface area contributed by atoms with Gasteiger partial charge in [-0.15, -0.1) is 0 Å². The van der Waals surface area contributed by atoms with E-state index >= 15 is 0 Å². The number of fused-ring (bicyclic) bond motifs is 1. The van der Waals surface area contributed by atoms with E-state index in [1.54, 1.807) is 7.11 Å². The second-order valence-electron chi connectivity index (χ2n) is 7.34. The summed E-state index contributed by atoms with van der Waals surface area (Å²) >= 11 is 7.63. The summed E-state index contributed by atoms with van der Waals surface area (Å²) in [5.74, 6) is -0.393. The van der Waals surface area contributed by atoms with Crippen molar-refractivity contribution in [3.05, 3.63) is 35.9 Å². The maximum Gasteiger partial charge on any atom is 0.163 e. The Hall–Kier alpha value is -0.0200. The number of halogens is 2. The molecule has 2 aliphatic heterocycles. The molecule has 2 heterocycles. The fourth-order valence-electron chi connectivity index (χ4n) is 4.21. The summed E-state index contributed by atoms with van der Waals surface area (Å²) in [5, 5.41) is 2.01. The van der Waals surface area contributed by atoms with Crippen LogP contribution < -0.4 is 0 Å². The van der Waals surface area contributed by atoms with E-state index in [9.17, 15) is 0 Å². The first kappa shape index (κ1) is 18.3. The molecule has 4 atom stereocenters. The Balaban J connectivity index is 1.66. The van der Waals surface area contributed by atoms with Gasteiger partial charge < -0.3 is 14.2 Å². The molecule has 7 heteroatoms. The summed E-state index contributed by atoms with van der Waals surface area (Å²) in [5.41, 5.74) is 0.750. The molecular weight excluding hydrogens is 454 g/mol. The SMILES string of the molecule is COC12C(CON(Cc3ccccc3)[C@H]1[C@H]1COC(C)(C)O1)C2(Br)Br. The predicted octanol–water partition coefficient (Wildman–Crippen LogP) is 3.46. The van der Waals surface area contributed by atoms with Crippen LogP contribution in [0.25, 0.3) is 0 Å². The number of hydrogen-bond donors (Lipinski definition) is 0. The van der Waals surface area contributed by atoms with Crippen molar-refractivity contribution < 1.29 is 19.0 Å². The molecule has 0 amide bonds. The standard InChI is InChI=1S/C18H23Br2NO4/c1-16(2)23-10-13(25-16)15-17(22-3)14(18(17,19)20)11-24-21(15)9-12-7-5-4-6-8-12/h4-8,13-15H,9-11H2,1-3H3/t13-,14?,15+,17?/m1/s1. The third kappa shape index (κ3) is 2.83. The molecule has 0 bridgehead atoms. The van der Waals surface area contributed by atoms with E-state index in [0.717, 1.165) is 0 Å². The van der Waals surface area contributed by atoms with E-state index in [1.807, 2.05) is 37.1 Å². The van der Waals surface area contributed by atoms with Crippen molar-refractivity contribution in [1.82, 2.24) is 5.06 Å². The van der Waals surface area contributed by atoms with Crippen LogP contribution in [0.3, 0.4) is 0 Å². The van der Waals surface area contributed by atoms with Gasteiger partial charge in [0.05, 0.1) is 19.3 Å². The predicted molar refractivity (Wildman–Crippen MR) is 100 cm³/mol. The molecule has 0 spiro atoms. The number of nitrogens with zero attached hydrogens (tertiary/aromatic N) is 1. The lowest BCUT2D eigenvalue weighted by Gasteiger charge is -2.42. The van der Waals surface area contributed by atoms with E-state index in [4.69, 9.17) is 19.0 Å². The zero-order valence-electron chi connectivity index (χ0n) is 14.6.